The zero-order valence-electron chi connectivity index (χ0n) is 25.2. The quantitative estimate of drug-likeness (QED) is 0.296. The fourth-order valence-corrected chi connectivity index (χ4v) is 5.61. The van der Waals surface area contributed by atoms with E-state index >= 15 is 0 Å². The van der Waals surface area contributed by atoms with Crippen molar-refractivity contribution >= 4 is 28.8 Å². The van der Waals surface area contributed by atoms with E-state index in [1.54, 1.807) is 45.0 Å². The zero-order chi connectivity index (χ0) is 30.3. The minimum Gasteiger partial charge on any atom is -0.481 e. The maximum absolute atomic E-state index is 12.4. The van der Waals surface area contributed by atoms with E-state index in [0.29, 0.717) is 11.1 Å². The van der Waals surface area contributed by atoms with Crippen LogP contribution >= 0.6 is 0 Å². The molecule has 0 spiro atoms. The molecule has 1 amide bonds. The van der Waals surface area contributed by atoms with Gasteiger partial charge >= 0.3 is 18.0 Å². The molecule has 2 saturated carbocycles. The molecule has 2 fully saturated rings. The van der Waals surface area contributed by atoms with Gasteiger partial charge in [0.2, 0.25) is 0 Å². The Bertz CT molecular complexity index is 950. The summed E-state index contributed by atoms with van der Waals surface area (Å²) < 4.78 is 21.7. The van der Waals surface area contributed by atoms with Crippen molar-refractivity contribution in [3.8, 4) is 0 Å². The summed E-state index contributed by atoms with van der Waals surface area (Å²) in [5.41, 5.74) is 0.596. The summed E-state index contributed by atoms with van der Waals surface area (Å²) in [4.78, 5) is 35.0. The molecule has 2 aliphatic rings. The van der Waals surface area contributed by atoms with E-state index in [1.807, 2.05) is 0 Å². The Hall–Kier alpha value is -2.46. The van der Waals surface area contributed by atoms with Crippen LogP contribution in [0.25, 0.3) is 0 Å². The number of carboxylic acids is 1. The van der Waals surface area contributed by atoms with Crippen molar-refractivity contribution in [3.05, 3.63) is 35.4 Å². The van der Waals surface area contributed by atoms with Crippen LogP contribution in [0, 0.1) is 0 Å². The highest BCUT2D eigenvalue weighted by Gasteiger charge is 2.26. The largest absolute Gasteiger partial charge is 0.481 e. The number of alkyl carbamates (subject to hydrolysis) is 1. The number of carboxylic acid groups (broad SMARTS) is 1. The molecule has 1 aromatic carbocycles. The standard InChI is InChI=1S/C19H27NO7S.C12H23N/c1-19(2,3)27-18(24)20-15(9-10-28(4)25)17(23)26-12-14-7-5-13(6-8-14)11-16(21)22;1-3-7-11(8-4-1)13-12-9-5-2-6-10-12/h5-8,15H,9-12H2,1-4H3,(H,20,24)(H,21,22);11-13H,1-10H2/t15-,28?;/m0./s1. The van der Waals surface area contributed by atoms with Crippen molar-refractivity contribution in [1.82, 2.24) is 10.6 Å². The highest BCUT2D eigenvalue weighted by atomic mass is 32.2. The highest BCUT2D eigenvalue weighted by Crippen LogP contribution is 2.22. The van der Waals surface area contributed by atoms with E-state index in [2.05, 4.69) is 10.6 Å². The number of nitrogens with one attached hydrogen (secondary N) is 2. The monoisotopic (exact) mass is 594 g/mol. The molecule has 232 valence electrons. The molecule has 3 rings (SSSR count). The van der Waals surface area contributed by atoms with Gasteiger partial charge in [-0.1, -0.05) is 62.8 Å². The number of carbonyl (C=O) groups excluding carboxylic acids is 2. The van der Waals surface area contributed by atoms with Crippen LogP contribution < -0.4 is 10.6 Å². The summed E-state index contributed by atoms with van der Waals surface area (Å²) in [6.07, 6.45) is 15.4. The number of benzene rings is 1. The van der Waals surface area contributed by atoms with Gasteiger partial charge in [-0.25, -0.2) is 9.59 Å². The molecule has 0 saturated heterocycles. The molecule has 41 heavy (non-hydrogen) atoms. The molecule has 0 heterocycles. The van der Waals surface area contributed by atoms with Gasteiger partial charge in [0.15, 0.2) is 0 Å². The first-order valence-corrected chi connectivity index (χ1v) is 16.7. The van der Waals surface area contributed by atoms with Crippen LogP contribution in [0.15, 0.2) is 24.3 Å². The molecule has 2 aliphatic carbocycles. The Balaban J connectivity index is 0.000000372. The van der Waals surface area contributed by atoms with Gasteiger partial charge in [0.25, 0.3) is 0 Å². The third-order valence-corrected chi connectivity index (χ3v) is 7.92. The van der Waals surface area contributed by atoms with Gasteiger partial charge in [0.05, 0.1) is 6.42 Å². The van der Waals surface area contributed by atoms with Gasteiger partial charge in [-0.05, 0) is 64.0 Å². The van der Waals surface area contributed by atoms with Crippen molar-refractivity contribution in [1.29, 1.82) is 0 Å². The Kier molecular flexibility index (Phi) is 15.4. The van der Waals surface area contributed by atoms with Crippen LogP contribution in [0.3, 0.4) is 0 Å². The van der Waals surface area contributed by atoms with E-state index in [9.17, 15) is 18.6 Å². The maximum atomic E-state index is 12.4. The number of aliphatic carboxylic acids is 1. The van der Waals surface area contributed by atoms with Crippen LogP contribution in [0.1, 0.15) is 103 Å². The third-order valence-electron chi connectivity index (χ3n) is 7.11. The minimum atomic E-state index is -1.13. The number of hydrogen-bond donors (Lipinski definition) is 3. The van der Waals surface area contributed by atoms with Crippen molar-refractivity contribution in [2.45, 2.75) is 128 Å². The lowest BCUT2D eigenvalue weighted by Crippen LogP contribution is -2.44. The molecule has 0 radical (unpaired) electrons. The summed E-state index contributed by atoms with van der Waals surface area (Å²) in [5, 5.41) is 15.1. The topological polar surface area (TPSA) is 131 Å². The summed E-state index contributed by atoms with van der Waals surface area (Å²) in [6.45, 7) is 5.08. The highest BCUT2D eigenvalue weighted by molar-refractivity contribution is 7.84. The van der Waals surface area contributed by atoms with E-state index in [4.69, 9.17) is 14.6 Å². The minimum absolute atomic E-state index is 0.0338. The molecule has 1 aromatic rings. The molecule has 2 atom stereocenters. The smallest absolute Gasteiger partial charge is 0.408 e. The first-order chi connectivity index (χ1) is 19.4. The van der Waals surface area contributed by atoms with Crippen LogP contribution in [0.2, 0.25) is 0 Å². The lowest BCUT2D eigenvalue weighted by Gasteiger charge is -2.30. The van der Waals surface area contributed by atoms with Crippen molar-refractivity contribution in [3.63, 3.8) is 0 Å². The van der Waals surface area contributed by atoms with Crippen molar-refractivity contribution in [2.24, 2.45) is 0 Å². The number of esters is 1. The van der Waals surface area contributed by atoms with Crippen LogP contribution in [-0.2, 0) is 42.9 Å². The fourth-order valence-electron chi connectivity index (χ4n) is 5.04. The summed E-state index contributed by atoms with van der Waals surface area (Å²) in [5.74, 6) is -1.37. The van der Waals surface area contributed by atoms with Crippen LogP contribution in [0.5, 0.6) is 0 Å². The van der Waals surface area contributed by atoms with E-state index in [-0.39, 0.29) is 25.2 Å². The summed E-state index contributed by atoms with van der Waals surface area (Å²) in [6, 6.07) is 7.40. The van der Waals surface area contributed by atoms with Gasteiger partial charge in [0, 0.05) is 34.9 Å². The average molecular weight is 595 g/mol. The van der Waals surface area contributed by atoms with Gasteiger partial charge in [-0.2, -0.15) is 0 Å². The second-order valence-corrected chi connectivity index (χ2v) is 13.7. The van der Waals surface area contributed by atoms with Crippen LogP contribution in [-0.4, -0.2) is 63.1 Å². The van der Waals surface area contributed by atoms with Gasteiger partial charge in [-0.3, -0.25) is 9.00 Å². The Morgan fingerprint density at radius 2 is 1.44 bits per heavy atom. The molecule has 0 aromatic heterocycles. The second kappa shape index (κ2) is 18.2. The van der Waals surface area contributed by atoms with Crippen molar-refractivity contribution < 1.29 is 33.2 Å². The first-order valence-electron chi connectivity index (χ1n) is 14.9. The van der Waals surface area contributed by atoms with E-state index in [0.717, 1.165) is 12.1 Å². The molecule has 3 N–H and O–H groups in total. The summed E-state index contributed by atoms with van der Waals surface area (Å²) >= 11 is 0. The number of ether oxygens (including phenoxy) is 2. The predicted octanol–water partition coefficient (Wildman–Crippen LogP) is 5.26. The first kappa shape index (κ1) is 34.7. The molecule has 10 heteroatoms. The third kappa shape index (κ3) is 15.9. The Labute approximate surface area is 248 Å². The lowest BCUT2D eigenvalue weighted by atomic mass is 9.91. The SMILES string of the molecule is C1CCC(NC2CCCCC2)CC1.CS(=O)CC[C@H](NC(=O)OC(C)(C)C)C(=O)OCc1ccc(CC(=O)O)cc1. The van der Waals surface area contributed by atoms with Gasteiger partial charge in [-0.15, -0.1) is 0 Å². The van der Waals surface area contributed by atoms with Gasteiger partial charge < -0.3 is 25.2 Å². The normalized spacial score (nSPS) is 17.9. The molecule has 9 nitrogen and oxygen atoms in total. The van der Waals surface area contributed by atoms with Gasteiger partial charge in [0.1, 0.15) is 18.2 Å². The zero-order valence-corrected chi connectivity index (χ0v) is 26.1. The molecule has 0 aliphatic heterocycles. The number of hydrogen-bond acceptors (Lipinski definition) is 7. The summed E-state index contributed by atoms with van der Waals surface area (Å²) in [7, 11) is -1.13. The number of carbonyl (C=O) groups is 3. The van der Waals surface area contributed by atoms with Crippen molar-refractivity contribution in [2.75, 3.05) is 12.0 Å². The fraction of sp³-hybridized carbons (Fsp3) is 0.710. The van der Waals surface area contributed by atoms with Crippen LogP contribution in [0.4, 0.5) is 4.79 Å². The Morgan fingerprint density at radius 3 is 1.90 bits per heavy atom. The lowest BCUT2D eigenvalue weighted by molar-refractivity contribution is -0.147. The molecule has 1 unspecified atom stereocenters. The van der Waals surface area contributed by atoms with E-state index in [1.165, 1.54) is 70.5 Å². The molecule has 0 bridgehead atoms. The Morgan fingerprint density at radius 1 is 0.927 bits per heavy atom. The average Bonchev–Trinajstić information content (AvgIpc) is 2.90. The maximum Gasteiger partial charge on any atom is 0.408 e. The predicted molar refractivity (Wildman–Crippen MR) is 161 cm³/mol. The molecular formula is C31H50N2O7S. The second-order valence-electron chi connectivity index (χ2n) is 12.1. The number of rotatable bonds is 11. The molecular weight excluding hydrogens is 544 g/mol. The number of amides is 1. The van der Waals surface area contributed by atoms with E-state index < -0.39 is 40.5 Å².